The summed E-state index contributed by atoms with van der Waals surface area (Å²) in [5.74, 6) is 0. The highest BCUT2D eigenvalue weighted by atomic mass is 16.3. The fraction of sp³-hybridized carbons (Fsp3) is 0. The summed E-state index contributed by atoms with van der Waals surface area (Å²) in [6, 6.07) is 99.3. The molecule has 2 heteroatoms. The Morgan fingerprint density at radius 2 is 0.750 bits per heavy atom. The maximum atomic E-state index is 6.62. The van der Waals surface area contributed by atoms with Crippen LogP contribution in [0.25, 0.3) is 121 Å². The average Bonchev–Trinajstić information content (AvgIpc) is 3.85. The second-order valence-electron chi connectivity index (χ2n) is 18.7. The van der Waals surface area contributed by atoms with E-state index in [2.05, 4.69) is 278 Å². The molecule has 0 fully saturated rings. The van der Waals surface area contributed by atoms with Crippen LogP contribution in [0.4, 0.5) is 17.1 Å². The molecule has 1 heterocycles. The highest BCUT2D eigenvalue weighted by molar-refractivity contribution is 6.22. The van der Waals surface area contributed by atoms with E-state index in [1.165, 1.54) is 65.5 Å². The van der Waals surface area contributed by atoms with E-state index in [0.717, 1.165) is 72.2 Å². The Balaban J connectivity index is 0.938. The minimum absolute atomic E-state index is 0.890. The van der Waals surface area contributed by atoms with Gasteiger partial charge in [-0.1, -0.05) is 218 Å². The van der Waals surface area contributed by atoms with E-state index in [1.54, 1.807) is 0 Å². The molecule has 0 bridgehead atoms. The van der Waals surface area contributed by atoms with E-state index >= 15 is 0 Å². The molecule has 72 heavy (non-hydrogen) atoms. The molecular weight excluding hydrogens is 871 g/mol. The maximum absolute atomic E-state index is 6.62. The van der Waals surface area contributed by atoms with Crippen LogP contribution in [0, 0.1) is 0 Å². The Morgan fingerprint density at radius 3 is 1.50 bits per heavy atom. The van der Waals surface area contributed by atoms with E-state index in [1.807, 2.05) is 0 Å². The molecule has 336 valence electrons. The van der Waals surface area contributed by atoms with E-state index in [4.69, 9.17) is 4.42 Å². The van der Waals surface area contributed by atoms with Crippen LogP contribution in [0.5, 0.6) is 0 Å². The molecule has 1 aromatic heterocycles. The molecule has 0 N–H and O–H groups in total. The molecule has 0 saturated carbocycles. The van der Waals surface area contributed by atoms with Crippen LogP contribution in [0.2, 0.25) is 0 Å². The molecule has 0 atom stereocenters. The van der Waals surface area contributed by atoms with Gasteiger partial charge >= 0.3 is 0 Å². The van der Waals surface area contributed by atoms with Gasteiger partial charge in [-0.15, -0.1) is 0 Å². The number of hydrogen-bond donors (Lipinski definition) is 0. The highest BCUT2D eigenvalue weighted by Gasteiger charge is 2.21. The van der Waals surface area contributed by atoms with Gasteiger partial charge in [-0.05, 0) is 148 Å². The zero-order valence-corrected chi connectivity index (χ0v) is 39.3. The van der Waals surface area contributed by atoms with Crippen LogP contribution < -0.4 is 4.90 Å². The summed E-state index contributed by atoms with van der Waals surface area (Å²) in [6.07, 6.45) is 0. The van der Waals surface area contributed by atoms with Gasteiger partial charge in [0, 0.05) is 33.2 Å². The first-order valence-electron chi connectivity index (χ1n) is 24.7. The fourth-order valence-electron chi connectivity index (χ4n) is 11.3. The number of anilines is 3. The molecule has 14 aromatic rings. The van der Waals surface area contributed by atoms with Crippen molar-refractivity contribution in [2.75, 3.05) is 4.90 Å². The van der Waals surface area contributed by atoms with Crippen molar-refractivity contribution in [1.82, 2.24) is 0 Å². The number of furan rings is 1. The lowest BCUT2D eigenvalue weighted by atomic mass is 9.84. The summed E-state index contributed by atoms with van der Waals surface area (Å²) in [5, 5.41) is 12.0. The predicted octanol–water partition coefficient (Wildman–Crippen LogP) is 20.0. The van der Waals surface area contributed by atoms with Crippen molar-refractivity contribution in [2.24, 2.45) is 0 Å². The molecule has 0 aliphatic heterocycles. The van der Waals surface area contributed by atoms with Crippen molar-refractivity contribution in [3.05, 3.63) is 273 Å². The first-order valence-corrected chi connectivity index (χ1v) is 24.7. The minimum atomic E-state index is 0.890. The smallest absolute Gasteiger partial charge is 0.143 e. The summed E-state index contributed by atoms with van der Waals surface area (Å²) in [7, 11) is 0. The van der Waals surface area contributed by atoms with E-state index in [-0.39, 0.29) is 0 Å². The first kappa shape index (κ1) is 41.5. The lowest BCUT2D eigenvalue weighted by Gasteiger charge is -2.27. The Hall–Kier alpha value is -9.50. The predicted molar refractivity (Wildman–Crippen MR) is 306 cm³/mol. The van der Waals surface area contributed by atoms with Crippen molar-refractivity contribution in [1.29, 1.82) is 0 Å². The summed E-state index contributed by atoms with van der Waals surface area (Å²) >= 11 is 0. The third-order valence-corrected chi connectivity index (χ3v) is 14.6. The number of benzene rings is 13. The molecule has 0 aliphatic rings. The SMILES string of the molecule is c1ccc(-c2c(-c3ccccc3)c3cc(-c4cccc(N(c5ccc(-c6cccc7oc8c9ccccc9ccc8c67)cc5)c5cccc(-c6cccc7ccccc67)c5)c4)ccc3c3ccccc23)cc1. The van der Waals surface area contributed by atoms with Crippen LogP contribution in [0.3, 0.4) is 0 Å². The zero-order chi connectivity index (χ0) is 47.5. The van der Waals surface area contributed by atoms with Crippen molar-refractivity contribution in [2.45, 2.75) is 0 Å². The monoisotopic (exact) mass is 915 g/mol. The maximum Gasteiger partial charge on any atom is 0.143 e. The summed E-state index contributed by atoms with van der Waals surface area (Å²) < 4.78 is 6.62. The van der Waals surface area contributed by atoms with Gasteiger partial charge in [0.2, 0.25) is 0 Å². The minimum Gasteiger partial charge on any atom is -0.455 e. The first-order chi connectivity index (χ1) is 35.7. The molecule has 0 radical (unpaired) electrons. The summed E-state index contributed by atoms with van der Waals surface area (Å²) in [5.41, 5.74) is 16.9. The number of nitrogens with zero attached hydrogens (tertiary/aromatic N) is 1. The quantitative estimate of drug-likeness (QED) is 0.141. The van der Waals surface area contributed by atoms with Gasteiger partial charge in [0.1, 0.15) is 11.2 Å². The van der Waals surface area contributed by atoms with Gasteiger partial charge in [-0.25, -0.2) is 0 Å². The van der Waals surface area contributed by atoms with E-state index < -0.39 is 0 Å². The van der Waals surface area contributed by atoms with Crippen LogP contribution >= 0.6 is 0 Å². The van der Waals surface area contributed by atoms with E-state index in [0.29, 0.717) is 0 Å². The number of fused-ring (bicyclic) bond motifs is 9. The second kappa shape index (κ2) is 17.2. The zero-order valence-electron chi connectivity index (χ0n) is 39.3. The van der Waals surface area contributed by atoms with Gasteiger partial charge in [0.15, 0.2) is 0 Å². The Kier molecular flexibility index (Phi) is 9.89. The van der Waals surface area contributed by atoms with Gasteiger partial charge in [-0.2, -0.15) is 0 Å². The standard InChI is InChI=1S/C70H45NO/c1-3-19-49(20-4-1)67-63-31-12-11-30-61(63)62-41-38-52(45-65(62)68(67)50-21-5-2-6-22-50)51-24-13-26-55(43-51)71(56-27-14-25-53(44-56)58-32-15-23-46-17-7-9-28-57(46)58)54-39-35-48(36-40-54)59-33-16-34-66-69(59)64-42-37-47-18-8-10-29-60(47)70(64)72-66/h1-45H. The number of rotatable bonds is 8. The van der Waals surface area contributed by atoms with Crippen LogP contribution in [-0.4, -0.2) is 0 Å². The van der Waals surface area contributed by atoms with Crippen molar-refractivity contribution in [3.8, 4) is 55.6 Å². The third kappa shape index (κ3) is 6.95. The topological polar surface area (TPSA) is 16.4 Å². The molecule has 14 rings (SSSR count). The molecule has 2 nitrogen and oxygen atoms in total. The van der Waals surface area contributed by atoms with Crippen LogP contribution in [-0.2, 0) is 0 Å². The lowest BCUT2D eigenvalue weighted by molar-refractivity contribution is 0.673. The Labute approximate surface area is 417 Å². The molecule has 13 aromatic carbocycles. The van der Waals surface area contributed by atoms with Gasteiger partial charge in [-0.3, -0.25) is 0 Å². The molecule has 0 unspecified atom stereocenters. The van der Waals surface area contributed by atoms with Crippen molar-refractivity contribution >= 4 is 82.1 Å². The van der Waals surface area contributed by atoms with E-state index in [9.17, 15) is 0 Å². The third-order valence-electron chi connectivity index (χ3n) is 14.6. The molecule has 0 saturated heterocycles. The summed E-state index contributed by atoms with van der Waals surface area (Å²) in [6.45, 7) is 0. The molecule has 0 spiro atoms. The molecular formula is C70H45NO. The number of hydrogen-bond acceptors (Lipinski definition) is 2. The highest BCUT2D eigenvalue weighted by Crippen LogP contribution is 2.47. The Bertz CT molecular complexity index is 4370. The Morgan fingerprint density at radius 1 is 0.250 bits per heavy atom. The van der Waals surface area contributed by atoms with Crippen LogP contribution in [0.15, 0.2) is 277 Å². The molecule has 0 amide bonds. The normalized spacial score (nSPS) is 11.6. The van der Waals surface area contributed by atoms with Gasteiger partial charge in [0.25, 0.3) is 0 Å². The largest absolute Gasteiger partial charge is 0.455 e. The fourth-order valence-corrected chi connectivity index (χ4v) is 11.3. The summed E-state index contributed by atoms with van der Waals surface area (Å²) in [4.78, 5) is 2.40. The van der Waals surface area contributed by atoms with Gasteiger partial charge in [0.05, 0.1) is 0 Å². The van der Waals surface area contributed by atoms with Gasteiger partial charge < -0.3 is 9.32 Å². The van der Waals surface area contributed by atoms with Crippen molar-refractivity contribution in [3.63, 3.8) is 0 Å². The lowest BCUT2D eigenvalue weighted by Crippen LogP contribution is -2.10. The average molecular weight is 916 g/mol. The van der Waals surface area contributed by atoms with Crippen LogP contribution in [0.1, 0.15) is 0 Å². The molecule has 0 aliphatic carbocycles. The van der Waals surface area contributed by atoms with Crippen molar-refractivity contribution < 1.29 is 4.42 Å². The second-order valence-corrected chi connectivity index (χ2v) is 18.7.